The molecule has 1 aliphatic heterocycles. The van der Waals surface area contributed by atoms with Crippen molar-refractivity contribution in [2.24, 2.45) is 5.92 Å². The number of fused-ring (bicyclic) bond motifs is 1. The van der Waals surface area contributed by atoms with E-state index in [4.69, 9.17) is 21.0 Å². The summed E-state index contributed by atoms with van der Waals surface area (Å²) in [7, 11) is 0. The molecule has 0 N–H and O–H groups in total. The number of benzene rings is 1. The fraction of sp³-hybridized carbons (Fsp3) is 0.417. The number of ether oxygens (including phenoxy) is 2. The molecule has 172 valence electrons. The van der Waals surface area contributed by atoms with Gasteiger partial charge in [0.05, 0.1) is 23.3 Å². The highest BCUT2D eigenvalue weighted by molar-refractivity contribution is 9.10. The molecule has 1 fully saturated rings. The first-order chi connectivity index (χ1) is 15.7. The zero-order valence-electron chi connectivity index (χ0n) is 18.9. The van der Waals surface area contributed by atoms with Crippen molar-refractivity contribution >= 4 is 33.4 Å². The number of hydrogen-bond donors (Lipinski definition) is 0. The van der Waals surface area contributed by atoms with E-state index in [9.17, 15) is 4.79 Å². The molecule has 4 rings (SSSR count). The van der Waals surface area contributed by atoms with Crippen LogP contribution in [0.5, 0.6) is 6.01 Å². The summed E-state index contributed by atoms with van der Waals surface area (Å²) in [4.78, 5) is 26.9. The van der Waals surface area contributed by atoms with Crippen LogP contribution in [0.4, 0.5) is 10.5 Å². The quantitative estimate of drug-likeness (QED) is 0.417. The van der Waals surface area contributed by atoms with E-state index in [1.165, 1.54) is 0 Å². The van der Waals surface area contributed by atoms with E-state index in [-0.39, 0.29) is 12.0 Å². The van der Waals surface area contributed by atoms with E-state index in [0.717, 1.165) is 22.9 Å². The third-order valence-corrected chi connectivity index (χ3v) is 6.08. The van der Waals surface area contributed by atoms with Gasteiger partial charge in [0.1, 0.15) is 5.60 Å². The van der Waals surface area contributed by atoms with Gasteiger partial charge in [0.2, 0.25) is 0 Å². The highest BCUT2D eigenvalue weighted by Crippen LogP contribution is 2.33. The van der Waals surface area contributed by atoms with Gasteiger partial charge in [-0.1, -0.05) is 24.3 Å². The van der Waals surface area contributed by atoms with Gasteiger partial charge in [-0.3, -0.25) is 4.40 Å². The Morgan fingerprint density at radius 3 is 2.76 bits per heavy atom. The SMILES string of the molecule is [C-]#[N+]c1ccc(-c2nc(OC[C@@H]3CCCN(C(=O)OC(C)(C)C)C3)n3ccnc3c2Br)cc1. The minimum atomic E-state index is -0.516. The van der Waals surface area contributed by atoms with Crippen molar-refractivity contribution in [2.45, 2.75) is 39.2 Å². The molecule has 1 amide bonds. The van der Waals surface area contributed by atoms with Crippen LogP contribution >= 0.6 is 15.9 Å². The fourth-order valence-electron chi connectivity index (χ4n) is 3.80. The van der Waals surface area contributed by atoms with Gasteiger partial charge < -0.3 is 14.4 Å². The summed E-state index contributed by atoms with van der Waals surface area (Å²) in [5.41, 5.74) is 2.30. The molecule has 1 aromatic carbocycles. The molecule has 2 aromatic heterocycles. The van der Waals surface area contributed by atoms with Crippen LogP contribution in [0.25, 0.3) is 21.7 Å². The Morgan fingerprint density at radius 1 is 1.30 bits per heavy atom. The minimum absolute atomic E-state index is 0.177. The molecule has 1 saturated heterocycles. The maximum atomic E-state index is 12.5. The van der Waals surface area contributed by atoms with Crippen molar-refractivity contribution < 1.29 is 14.3 Å². The summed E-state index contributed by atoms with van der Waals surface area (Å²) >= 11 is 3.62. The molecular formula is C24H26BrN5O3. The molecule has 0 unspecified atom stereocenters. The van der Waals surface area contributed by atoms with E-state index in [0.29, 0.717) is 42.7 Å². The minimum Gasteiger partial charge on any atom is -0.464 e. The van der Waals surface area contributed by atoms with Gasteiger partial charge >= 0.3 is 12.1 Å². The van der Waals surface area contributed by atoms with E-state index in [1.54, 1.807) is 27.6 Å². The number of nitrogens with zero attached hydrogens (tertiary/aromatic N) is 5. The highest BCUT2D eigenvalue weighted by atomic mass is 79.9. The zero-order valence-corrected chi connectivity index (χ0v) is 20.5. The summed E-state index contributed by atoms with van der Waals surface area (Å²) < 4.78 is 14.3. The van der Waals surface area contributed by atoms with Crippen LogP contribution in [-0.4, -0.2) is 50.7 Å². The number of halogens is 1. The van der Waals surface area contributed by atoms with Crippen molar-refractivity contribution in [3.8, 4) is 17.3 Å². The standard InChI is InChI=1S/C24H26BrN5O3/c1-24(2,3)33-23(31)29-12-5-6-16(14-29)15-32-22-28-20(17-7-9-18(26-4)10-8-17)19(25)21-27-11-13-30(21)22/h7-11,13,16H,5-6,12,14-15H2,1-3H3/t16-/m1/s1. The Hall–Kier alpha value is -3.12. The number of piperidine rings is 1. The topological polar surface area (TPSA) is 73.3 Å². The number of hydrogen-bond acceptors (Lipinski definition) is 5. The number of carbonyl (C=O) groups is 1. The second kappa shape index (κ2) is 9.40. The number of imidazole rings is 1. The van der Waals surface area contributed by atoms with Crippen LogP contribution in [0, 0.1) is 12.5 Å². The van der Waals surface area contributed by atoms with Crippen molar-refractivity contribution in [1.82, 2.24) is 19.3 Å². The van der Waals surface area contributed by atoms with Gasteiger partial charge in [-0.2, -0.15) is 4.98 Å². The number of aromatic nitrogens is 3. The zero-order chi connectivity index (χ0) is 23.6. The van der Waals surface area contributed by atoms with E-state index >= 15 is 0 Å². The largest absolute Gasteiger partial charge is 0.464 e. The summed E-state index contributed by atoms with van der Waals surface area (Å²) in [6.07, 6.45) is 5.10. The van der Waals surface area contributed by atoms with E-state index < -0.39 is 5.60 Å². The van der Waals surface area contributed by atoms with Gasteiger partial charge in [0, 0.05) is 31.4 Å². The average Bonchev–Trinajstić information content (AvgIpc) is 3.29. The van der Waals surface area contributed by atoms with Gasteiger partial charge in [0.15, 0.2) is 11.3 Å². The fourth-order valence-corrected chi connectivity index (χ4v) is 4.41. The van der Waals surface area contributed by atoms with Crippen LogP contribution < -0.4 is 4.74 Å². The van der Waals surface area contributed by atoms with Crippen LogP contribution in [0.15, 0.2) is 41.1 Å². The Kier molecular flexibility index (Phi) is 6.56. The van der Waals surface area contributed by atoms with Crippen molar-refractivity contribution in [1.29, 1.82) is 0 Å². The summed E-state index contributed by atoms with van der Waals surface area (Å²) in [5.74, 6) is 0.177. The monoisotopic (exact) mass is 511 g/mol. The first kappa shape index (κ1) is 23.1. The Balaban J connectivity index is 1.53. The molecule has 33 heavy (non-hydrogen) atoms. The Bertz CT molecular complexity index is 1190. The van der Waals surface area contributed by atoms with Crippen LogP contribution in [-0.2, 0) is 4.74 Å². The predicted octanol–water partition coefficient (Wildman–Crippen LogP) is 5.74. The molecule has 0 aliphatic carbocycles. The Labute approximate surface area is 201 Å². The molecule has 0 bridgehead atoms. The number of rotatable bonds is 4. The van der Waals surface area contributed by atoms with Gasteiger partial charge in [-0.15, -0.1) is 0 Å². The maximum Gasteiger partial charge on any atom is 0.410 e. The summed E-state index contributed by atoms with van der Waals surface area (Å²) in [5, 5.41) is 0. The normalized spacial score (nSPS) is 16.5. The summed E-state index contributed by atoms with van der Waals surface area (Å²) in [6, 6.07) is 7.69. The van der Waals surface area contributed by atoms with Crippen molar-refractivity contribution in [2.75, 3.05) is 19.7 Å². The molecule has 3 heterocycles. The van der Waals surface area contributed by atoms with Crippen molar-refractivity contribution in [3.63, 3.8) is 0 Å². The lowest BCUT2D eigenvalue weighted by Gasteiger charge is -2.33. The number of amides is 1. The third kappa shape index (κ3) is 5.28. The molecule has 1 aliphatic rings. The van der Waals surface area contributed by atoms with Crippen LogP contribution in [0.1, 0.15) is 33.6 Å². The lowest BCUT2D eigenvalue weighted by atomic mass is 9.99. The average molecular weight is 512 g/mol. The van der Waals surface area contributed by atoms with E-state index in [2.05, 4.69) is 25.8 Å². The first-order valence-electron chi connectivity index (χ1n) is 10.9. The molecule has 0 saturated carbocycles. The molecule has 0 radical (unpaired) electrons. The second-order valence-corrected chi connectivity index (χ2v) is 9.88. The molecule has 8 nitrogen and oxygen atoms in total. The first-order valence-corrected chi connectivity index (χ1v) is 11.7. The van der Waals surface area contributed by atoms with Crippen LogP contribution in [0.2, 0.25) is 0 Å². The number of likely N-dealkylation sites (tertiary alicyclic amines) is 1. The van der Waals surface area contributed by atoms with Gasteiger partial charge in [-0.25, -0.2) is 14.6 Å². The maximum absolute atomic E-state index is 12.5. The Morgan fingerprint density at radius 2 is 2.06 bits per heavy atom. The van der Waals surface area contributed by atoms with Gasteiger partial charge in [-0.05, 0) is 55.1 Å². The molecular weight excluding hydrogens is 486 g/mol. The third-order valence-electron chi connectivity index (χ3n) is 5.35. The molecule has 1 atom stereocenters. The van der Waals surface area contributed by atoms with Crippen LogP contribution in [0.3, 0.4) is 0 Å². The van der Waals surface area contributed by atoms with E-state index in [1.807, 2.05) is 39.1 Å². The number of carbonyl (C=O) groups excluding carboxylic acids is 1. The van der Waals surface area contributed by atoms with Gasteiger partial charge in [0.25, 0.3) is 0 Å². The second-order valence-electron chi connectivity index (χ2n) is 9.08. The molecule has 9 heteroatoms. The smallest absolute Gasteiger partial charge is 0.410 e. The molecule has 0 spiro atoms. The van der Waals surface area contributed by atoms with Crippen molar-refractivity contribution in [3.05, 3.63) is 52.5 Å². The summed E-state index contributed by atoms with van der Waals surface area (Å²) in [6.45, 7) is 14.5. The lowest BCUT2D eigenvalue weighted by molar-refractivity contribution is 0.0136. The highest BCUT2D eigenvalue weighted by Gasteiger charge is 2.28. The molecule has 3 aromatic rings. The predicted molar refractivity (Wildman–Crippen MR) is 128 cm³/mol. The lowest BCUT2D eigenvalue weighted by Crippen LogP contribution is -2.44.